The second-order valence-corrected chi connectivity index (χ2v) is 22.2. The van der Waals surface area contributed by atoms with E-state index in [0.717, 1.165) is 26.3 Å². The summed E-state index contributed by atoms with van der Waals surface area (Å²) in [5, 5.41) is 12.7. The lowest BCUT2D eigenvalue weighted by Gasteiger charge is -2.72. The number of hydrogen-bond acceptors (Lipinski definition) is 18. The third-order valence-electron chi connectivity index (χ3n) is 17.0. The first-order valence-electron chi connectivity index (χ1n) is 23.8. The highest BCUT2D eigenvalue weighted by atomic mass is 16.7. The molecule has 4 saturated carbocycles. The van der Waals surface area contributed by atoms with Crippen LogP contribution in [0.2, 0.25) is 0 Å². The number of aliphatic hydroxyl groups excluding tert-OH is 1. The lowest BCUT2D eigenvalue weighted by atomic mass is 9.33. The summed E-state index contributed by atoms with van der Waals surface area (Å²) in [6.45, 7) is 20.4. The van der Waals surface area contributed by atoms with Crippen molar-refractivity contribution in [2.24, 2.45) is 50.2 Å². The topological polar surface area (TPSA) is 240 Å². The van der Waals surface area contributed by atoms with Crippen LogP contribution in [0.1, 0.15) is 141 Å². The molecule has 68 heavy (non-hydrogen) atoms. The molecule has 0 radical (unpaired) electrons. The summed E-state index contributed by atoms with van der Waals surface area (Å²) in [5.41, 5.74) is -3.42. The van der Waals surface area contributed by atoms with E-state index < -0.39 is 136 Å². The number of hydrogen-bond donors (Lipinski definition) is 1. The van der Waals surface area contributed by atoms with Crippen molar-refractivity contribution >= 4 is 47.8 Å². The number of ether oxygens (including phenoxy) is 9. The van der Waals surface area contributed by atoms with Crippen molar-refractivity contribution in [1.82, 2.24) is 0 Å². The molecule has 0 aromatic carbocycles. The normalized spacial score (nSPS) is 41.2. The van der Waals surface area contributed by atoms with Crippen LogP contribution >= 0.6 is 0 Å². The summed E-state index contributed by atoms with van der Waals surface area (Å²) in [4.78, 5) is 103. The Morgan fingerprint density at radius 2 is 1.19 bits per heavy atom. The molecule has 6 aliphatic rings. The minimum atomic E-state index is -1.69. The highest BCUT2D eigenvalue weighted by Gasteiger charge is 2.74. The highest BCUT2D eigenvalue weighted by molar-refractivity contribution is 5.79. The third kappa shape index (κ3) is 9.53. The Labute approximate surface area is 398 Å². The van der Waals surface area contributed by atoms with Gasteiger partial charge in [-0.3, -0.25) is 38.4 Å². The van der Waals surface area contributed by atoms with Gasteiger partial charge in [-0.15, -0.1) is 0 Å². The Morgan fingerprint density at radius 1 is 0.632 bits per heavy atom. The molecule has 1 heterocycles. The van der Waals surface area contributed by atoms with Crippen molar-refractivity contribution in [2.45, 2.75) is 190 Å². The van der Waals surface area contributed by atoms with Crippen LogP contribution in [0.4, 0.5) is 0 Å². The fraction of sp³-hybridized carbons (Fsp3) is 0.800. The van der Waals surface area contributed by atoms with Gasteiger partial charge in [0, 0.05) is 59.8 Å². The molecule has 18 nitrogen and oxygen atoms in total. The van der Waals surface area contributed by atoms with Crippen molar-refractivity contribution in [3.63, 3.8) is 0 Å². The van der Waals surface area contributed by atoms with Crippen molar-refractivity contribution < 1.29 is 86.1 Å². The third-order valence-corrected chi connectivity index (χ3v) is 17.0. The quantitative estimate of drug-likeness (QED) is 0.155. The van der Waals surface area contributed by atoms with Crippen molar-refractivity contribution in [2.75, 3.05) is 13.2 Å². The summed E-state index contributed by atoms with van der Waals surface area (Å²) in [5.74, 6) is -6.56. The number of carbonyl (C=O) groups is 8. The number of fused-ring (bicyclic) bond motifs is 7. The Morgan fingerprint density at radius 3 is 1.76 bits per heavy atom. The van der Waals surface area contributed by atoms with Crippen LogP contribution in [0.5, 0.6) is 0 Å². The zero-order valence-corrected chi connectivity index (χ0v) is 41.9. The molecule has 18 heteroatoms. The zero-order chi connectivity index (χ0) is 50.7. The minimum absolute atomic E-state index is 0.140. The SMILES string of the molecule is CC(=O)OCC1OC(OC(=O)C23CCC(C)(C)CC2C2=CCC4C5(C)CC(OC(C)=O)C(OC(C)=O)C(C)(COC(C)=O)C5C(O)CC4(C)C2(C)CC3)C(OC(C)=O)C(OC(C)=O)C1OC(C)=O. The molecule has 0 spiro atoms. The summed E-state index contributed by atoms with van der Waals surface area (Å²) in [7, 11) is 0. The monoisotopic (exact) mass is 960 g/mol. The zero-order valence-electron chi connectivity index (χ0n) is 41.9. The van der Waals surface area contributed by atoms with E-state index in [9.17, 15) is 38.7 Å². The van der Waals surface area contributed by atoms with Crippen LogP contribution in [-0.4, -0.2) is 115 Å². The molecule has 5 aliphatic carbocycles. The second-order valence-electron chi connectivity index (χ2n) is 22.2. The molecule has 1 N–H and O–H groups in total. The van der Waals surface area contributed by atoms with E-state index in [0.29, 0.717) is 44.9 Å². The maximum absolute atomic E-state index is 15.4. The Hall–Kier alpha value is -4.58. The average Bonchev–Trinajstić information content (AvgIpc) is 3.19. The van der Waals surface area contributed by atoms with Gasteiger partial charge in [0.05, 0.1) is 11.5 Å². The standard InChI is InChI=1S/C50H72O18/c1-25(51)60-23-36-38(63-28(4)54)39(64-29(5)55)40(65-30(6)56)43(67-36)68-44(59)50-18-16-45(8,9)20-33(50)32-14-15-37-46(10)22-35(62-27(3)53)42(66-31(7)57)47(11,24-61-26(2)52)41(46)34(58)21-49(37,13)48(32,12)17-19-50/h14,33-43,58H,15-24H2,1-13H3. The number of carbonyl (C=O) groups excluding carboxylic acids is 8. The smallest absolute Gasteiger partial charge is 0.315 e. The highest BCUT2D eigenvalue weighted by Crippen LogP contribution is 2.76. The van der Waals surface area contributed by atoms with Gasteiger partial charge in [0.15, 0.2) is 12.2 Å². The van der Waals surface area contributed by atoms with Gasteiger partial charge in [0.25, 0.3) is 0 Å². The molecular weight excluding hydrogens is 889 g/mol. The van der Waals surface area contributed by atoms with E-state index >= 15 is 4.79 Å². The predicted molar refractivity (Wildman–Crippen MR) is 236 cm³/mol. The average molecular weight is 961 g/mol. The molecule has 6 rings (SSSR count). The van der Waals surface area contributed by atoms with Gasteiger partial charge in [-0.05, 0) is 84.9 Å². The largest absolute Gasteiger partial charge is 0.465 e. The molecular formula is C50H72O18. The van der Waals surface area contributed by atoms with Crippen LogP contribution < -0.4 is 0 Å². The lowest BCUT2D eigenvalue weighted by Crippen LogP contribution is -2.72. The molecule has 1 aliphatic heterocycles. The van der Waals surface area contributed by atoms with E-state index in [1.807, 2.05) is 6.92 Å². The number of rotatable bonds is 11. The first kappa shape index (κ1) is 52.8. The van der Waals surface area contributed by atoms with Gasteiger partial charge in [0.1, 0.15) is 31.5 Å². The van der Waals surface area contributed by atoms with Crippen molar-refractivity contribution in [3.8, 4) is 0 Å². The maximum atomic E-state index is 15.4. The second kappa shape index (κ2) is 19.0. The van der Waals surface area contributed by atoms with Gasteiger partial charge >= 0.3 is 47.8 Å². The molecule has 0 amide bonds. The lowest BCUT2D eigenvalue weighted by molar-refractivity contribution is -0.305. The van der Waals surface area contributed by atoms with Crippen LogP contribution in [0.3, 0.4) is 0 Å². The summed E-state index contributed by atoms with van der Waals surface area (Å²) < 4.78 is 52.3. The van der Waals surface area contributed by atoms with Crippen LogP contribution in [0.25, 0.3) is 0 Å². The summed E-state index contributed by atoms with van der Waals surface area (Å²) in [6, 6.07) is 0. The fourth-order valence-electron chi connectivity index (χ4n) is 14.3. The van der Waals surface area contributed by atoms with E-state index in [1.54, 1.807) is 0 Å². The van der Waals surface area contributed by atoms with E-state index in [-0.39, 0.29) is 30.3 Å². The van der Waals surface area contributed by atoms with Gasteiger partial charge in [-0.1, -0.05) is 53.2 Å². The first-order valence-corrected chi connectivity index (χ1v) is 23.8. The fourth-order valence-corrected chi connectivity index (χ4v) is 14.3. The Kier molecular flexibility index (Phi) is 14.7. The molecule has 1 saturated heterocycles. The van der Waals surface area contributed by atoms with E-state index in [2.05, 4.69) is 40.7 Å². The minimum Gasteiger partial charge on any atom is -0.465 e. The maximum Gasteiger partial charge on any atom is 0.315 e. The Balaban J connectivity index is 1.43. The number of esters is 8. The van der Waals surface area contributed by atoms with Crippen LogP contribution in [0.15, 0.2) is 11.6 Å². The molecule has 5 fully saturated rings. The van der Waals surface area contributed by atoms with Crippen LogP contribution in [-0.2, 0) is 81.0 Å². The molecule has 380 valence electrons. The number of allylic oxidation sites excluding steroid dienone is 2. The molecule has 0 aromatic rings. The van der Waals surface area contributed by atoms with Gasteiger partial charge < -0.3 is 47.7 Å². The van der Waals surface area contributed by atoms with Crippen molar-refractivity contribution in [1.29, 1.82) is 0 Å². The molecule has 16 atom stereocenters. The molecule has 0 aromatic heterocycles. The Bertz CT molecular complexity index is 2080. The molecule has 0 bridgehead atoms. The van der Waals surface area contributed by atoms with Gasteiger partial charge in [-0.25, -0.2) is 0 Å². The van der Waals surface area contributed by atoms with E-state index in [4.69, 9.17) is 42.6 Å². The van der Waals surface area contributed by atoms with Crippen LogP contribution in [0, 0.1) is 50.2 Å². The number of aliphatic hydroxyl groups is 1. The first-order chi connectivity index (χ1) is 31.4. The summed E-state index contributed by atoms with van der Waals surface area (Å²) in [6.07, 6.45) is -4.58. The predicted octanol–water partition coefficient (Wildman–Crippen LogP) is 5.40. The van der Waals surface area contributed by atoms with Crippen molar-refractivity contribution in [3.05, 3.63) is 11.6 Å². The summed E-state index contributed by atoms with van der Waals surface area (Å²) >= 11 is 0. The molecule has 16 unspecified atom stereocenters. The van der Waals surface area contributed by atoms with Gasteiger partial charge in [0.2, 0.25) is 12.4 Å². The van der Waals surface area contributed by atoms with Gasteiger partial charge in [-0.2, -0.15) is 0 Å². The van der Waals surface area contributed by atoms with E-state index in [1.165, 1.54) is 27.7 Å².